The molecule has 112 valence electrons. The number of ether oxygens (including phenoxy) is 1. The van der Waals surface area contributed by atoms with Gasteiger partial charge in [-0.15, -0.1) is 12.6 Å². The highest BCUT2D eigenvalue weighted by Crippen LogP contribution is 2.15. The molecule has 0 aliphatic rings. The van der Waals surface area contributed by atoms with E-state index in [4.69, 9.17) is 10.5 Å². The number of rotatable bonds is 9. The van der Waals surface area contributed by atoms with Crippen molar-refractivity contribution < 1.29 is 19.4 Å². The molecule has 0 heterocycles. The Hall–Kier alpha value is -0.790. The van der Waals surface area contributed by atoms with Crippen LogP contribution < -0.4 is 11.1 Å². The van der Waals surface area contributed by atoms with Gasteiger partial charge in [0, 0.05) is 0 Å². The van der Waals surface area contributed by atoms with Gasteiger partial charge >= 0.3 is 5.97 Å². The zero-order valence-corrected chi connectivity index (χ0v) is 12.4. The van der Waals surface area contributed by atoms with E-state index < -0.39 is 16.9 Å². The summed E-state index contributed by atoms with van der Waals surface area (Å²) >= 11 is 3.67. The number of unbranched alkanes of at least 4 members (excludes halogenated alkanes) is 1. The number of carbonyl (C=O) groups excluding carboxylic acids is 2. The van der Waals surface area contributed by atoms with Gasteiger partial charge < -0.3 is 20.9 Å². The minimum atomic E-state index is -2.33. The molecule has 0 aliphatic carbocycles. The monoisotopic (exact) mass is 292 g/mol. The Morgan fingerprint density at radius 3 is 2.58 bits per heavy atom. The first kappa shape index (κ1) is 18.2. The smallest absolute Gasteiger partial charge is 0.370 e. The minimum absolute atomic E-state index is 0.205. The summed E-state index contributed by atoms with van der Waals surface area (Å²) in [6.45, 7) is 3.96. The second-order valence-corrected chi connectivity index (χ2v) is 5.09. The van der Waals surface area contributed by atoms with Crippen LogP contribution in [0.5, 0.6) is 0 Å². The molecule has 0 aromatic heterocycles. The number of amides is 1. The lowest BCUT2D eigenvalue weighted by molar-refractivity contribution is -0.162. The van der Waals surface area contributed by atoms with E-state index in [0.717, 1.165) is 25.7 Å². The number of nitrogens with two attached hydrogens (primary N) is 1. The molecular weight excluding hydrogens is 268 g/mol. The van der Waals surface area contributed by atoms with Crippen LogP contribution in [0.25, 0.3) is 0 Å². The number of esters is 1. The van der Waals surface area contributed by atoms with Gasteiger partial charge in [0.15, 0.2) is 0 Å². The van der Waals surface area contributed by atoms with E-state index in [1.165, 1.54) is 0 Å². The molecule has 1 amide bonds. The molecule has 0 aliphatic heterocycles. The third-order valence-corrected chi connectivity index (χ3v) is 3.07. The quantitative estimate of drug-likeness (QED) is 0.280. The van der Waals surface area contributed by atoms with Gasteiger partial charge in [-0.2, -0.15) is 0 Å². The van der Waals surface area contributed by atoms with Crippen molar-refractivity contribution >= 4 is 24.5 Å². The first-order valence-electron chi connectivity index (χ1n) is 6.50. The minimum Gasteiger partial charge on any atom is -0.461 e. The number of carbonyl (C=O) groups is 2. The molecule has 6 nitrogen and oxygen atoms in total. The summed E-state index contributed by atoms with van der Waals surface area (Å²) in [4.78, 5) is 22.6. The highest BCUT2D eigenvalue weighted by atomic mass is 32.1. The summed E-state index contributed by atoms with van der Waals surface area (Å²) in [5, 5.41) is 9.29. The third kappa shape index (κ3) is 7.39. The van der Waals surface area contributed by atoms with E-state index in [9.17, 15) is 14.7 Å². The fraction of sp³-hybridized carbons (Fsp3) is 0.833. The molecule has 0 radical (unpaired) electrons. The topological polar surface area (TPSA) is 102 Å². The highest BCUT2D eigenvalue weighted by Gasteiger charge is 2.35. The second-order valence-electron chi connectivity index (χ2n) is 4.44. The molecule has 0 fully saturated rings. The second kappa shape index (κ2) is 9.17. The molecule has 0 saturated heterocycles. The van der Waals surface area contributed by atoms with Crippen molar-refractivity contribution in [2.24, 2.45) is 11.7 Å². The van der Waals surface area contributed by atoms with Gasteiger partial charge in [0.25, 0.3) is 5.06 Å². The van der Waals surface area contributed by atoms with Gasteiger partial charge in [0.05, 0.1) is 13.2 Å². The van der Waals surface area contributed by atoms with Crippen LogP contribution in [0, 0.1) is 5.92 Å². The molecule has 2 unspecified atom stereocenters. The zero-order valence-electron chi connectivity index (χ0n) is 11.5. The van der Waals surface area contributed by atoms with Crippen molar-refractivity contribution in [3.8, 4) is 0 Å². The van der Waals surface area contributed by atoms with Gasteiger partial charge in [-0.3, -0.25) is 4.79 Å². The van der Waals surface area contributed by atoms with Crippen molar-refractivity contribution in [1.82, 2.24) is 5.32 Å². The molecule has 4 N–H and O–H groups in total. The van der Waals surface area contributed by atoms with Gasteiger partial charge in [-0.1, -0.05) is 33.1 Å². The number of aliphatic hydroxyl groups is 1. The van der Waals surface area contributed by atoms with Gasteiger partial charge in [-0.25, -0.2) is 4.79 Å². The van der Waals surface area contributed by atoms with Crippen LogP contribution in [0.4, 0.5) is 0 Å². The molecule has 0 rings (SSSR count). The van der Waals surface area contributed by atoms with E-state index in [1.807, 2.05) is 12.2 Å². The van der Waals surface area contributed by atoms with Crippen molar-refractivity contribution in [3.63, 3.8) is 0 Å². The molecule has 19 heavy (non-hydrogen) atoms. The largest absolute Gasteiger partial charge is 0.461 e. The Morgan fingerprint density at radius 2 is 2.11 bits per heavy atom. The fourth-order valence-corrected chi connectivity index (χ4v) is 1.68. The van der Waals surface area contributed by atoms with Crippen LogP contribution in [-0.4, -0.2) is 35.2 Å². The van der Waals surface area contributed by atoms with Crippen LogP contribution in [0.3, 0.4) is 0 Å². The van der Waals surface area contributed by atoms with Crippen molar-refractivity contribution in [2.75, 3.05) is 13.2 Å². The Bertz CT molecular complexity index is 297. The van der Waals surface area contributed by atoms with E-state index in [1.54, 1.807) is 0 Å². The molecule has 0 saturated carbocycles. The summed E-state index contributed by atoms with van der Waals surface area (Å²) in [6.07, 6.45) is 3.98. The molecule has 2 atom stereocenters. The Balaban J connectivity index is 4.23. The van der Waals surface area contributed by atoms with Crippen LogP contribution in [0.15, 0.2) is 0 Å². The van der Waals surface area contributed by atoms with Crippen LogP contribution >= 0.6 is 12.6 Å². The van der Waals surface area contributed by atoms with E-state index in [2.05, 4.69) is 19.6 Å². The Morgan fingerprint density at radius 1 is 1.47 bits per heavy atom. The fourth-order valence-electron chi connectivity index (χ4n) is 1.49. The lowest BCUT2D eigenvalue weighted by atomic mass is 10.0. The molecule has 0 spiro atoms. The highest BCUT2D eigenvalue weighted by molar-refractivity contribution is 7.82. The standard InChI is InChI=1S/C12H24N2O4S/c1-3-5-6-9(4-2)8-18-11(16)12(17,19)14-10(15)7-13/h9,17,19H,3-8,13H2,1-2H3,(H,14,15). The molecule has 0 aromatic carbocycles. The van der Waals surface area contributed by atoms with Crippen LogP contribution in [-0.2, 0) is 14.3 Å². The van der Waals surface area contributed by atoms with E-state index in [0.29, 0.717) is 0 Å². The maximum atomic E-state index is 11.6. The van der Waals surface area contributed by atoms with Gasteiger partial charge in [-0.05, 0) is 12.3 Å². The molecule has 0 aromatic rings. The summed E-state index contributed by atoms with van der Waals surface area (Å²) in [7, 11) is 0. The summed E-state index contributed by atoms with van der Waals surface area (Å²) in [5.41, 5.74) is 5.07. The van der Waals surface area contributed by atoms with E-state index in [-0.39, 0.29) is 19.1 Å². The maximum Gasteiger partial charge on any atom is 0.370 e. The number of thiol groups is 1. The predicted molar refractivity (Wildman–Crippen MR) is 75.4 cm³/mol. The number of nitrogens with one attached hydrogen (secondary N) is 1. The summed E-state index contributed by atoms with van der Waals surface area (Å²) in [5.74, 6) is -1.43. The lowest BCUT2D eigenvalue weighted by Gasteiger charge is -2.23. The van der Waals surface area contributed by atoms with Crippen molar-refractivity contribution in [3.05, 3.63) is 0 Å². The summed E-state index contributed by atoms with van der Waals surface area (Å²) in [6, 6.07) is 0. The maximum absolute atomic E-state index is 11.6. The molecule has 0 bridgehead atoms. The van der Waals surface area contributed by atoms with Crippen molar-refractivity contribution in [1.29, 1.82) is 0 Å². The average molecular weight is 292 g/mol. The van der Waals surface area contributed by atoms with Crippen LogP contribution in [0.2, 0.25) is 0 Å². The van der Waals surface area contributed by atoms with E-state index >= 15 is 0 Å². The number of hydrogen-bond donors (Lipinski definition) is 4. The molecular formula is C12H24N2O4S. The SMILES string of the molecule is CCCCC(CC)COC(=O)C(O)(S)NC(=O)CN. The first-order chi connectivity index (χ1) is 8.87. The van der Waals surface area contributed by atoms with Crippen LogP contribution in [0.1, 0.15) is 39.5 Å². The lowest BCUT2D eigenvalue weighted by Crippen LogP contribution is -2.52. The third-order valence-electron chi connectivity index (χ3n) is 2.78. The van der Waals surface area contributed by atoms with Crippen molar-refractivity contribution in [2.45, 2.75) is 44.6 Å². The zero-order chi connectivity index (χ0) is 14.9. The Labute approximate surface area is 119 Å². The normalized spacial score (nSPS) is 15.4. The van der Waals surface area contributed by atoms with Gasteiger partial charge in [0.2, 0.25) is 5.91 Å². The Kier molecular flexibility index (Phi) is 8.79. The average Bonchev–Trinajstić information content (AvgIpc) is 2.37. The van der Waals surface area contributed by atoms with Gasteiger partial charge in [0.1, 0.15) is 0 Å². The molecule has 7 heteroatoms. The number of hydrogen-bond acceptors (Lipinski definition) is 6. The predicted octanol–water partition coefficient (Wildman–Crippen LogP) is 0.397. The first-order valence-corrected chi connectivity index (χ1v) is 6.95. The summed E-state index contributed by atoms with van der Waals surface area (Å²) < 4.78 is 4.98.